The predicted octanol–water partition coefficient (Wildman–Crippen LogP) is 7.00. The maximum atomic E-state index is 15.0. The number of fused-ring (bicyclic) bond motifs is 3. The summed E-state index contributed by atoms with van der Waals surface area (Å²) in [6, 6.07) is 4.09. The van der Waals surface area contributed by atoms with Crippen LogP contribution in [0.4, 0.5) is 35.1 Å². The lowest BCUT2D eigenvalue weighted by Gasteiger charge is -2.44. The van der Waals surface area contributed by atoms with Crippen molar-refractivity contribution < 1.29 is 58.2 Å². The summed E-state index contributed by atoms with van der Waals surface area (Å²) in [5, 5.41) is 9.75. The average Bonchev–Trinajstić information content (AvgIpc) is 3.41. The fourth-order valence-corrected chi connectivity index (χ4v) is 10.1. The summed E-state index contributed by atoms with van der Waals surface area (Å²) in [5.74, 6) is -2.78. The summed E-state index contributed by atoms with van der Waals surface area (Å²) in [4.78, 5) is 26.8. The molecule has 1 N–H and O–H groups in total. The number of carboxylic acids is 1. The highest BCUT2D eigenvalue weighted by Crippen LogP contribution is 2.57. The molecule has 0 bridgehead atoms. The van der Waals surface area contributed by atoms with Gasteiger partial charge in [-0.15, -0.1) is 0 Å². The number of alkyl halides is 7. The summed E-state index contributed by atoms with van der Waals surface area (Å²) < 4.78 is 137. The molecule has 1 saturated carbocycles. The molecule has 2 fully saturated rings. The Labute approximate surface area is 259 Å². The molecule has 2 aromatic carbocycles. The van der Waals surface area contributed by atoms with Crippen LogP contribution in [0.3, 0.4) is 0 Å². The number of carbonyl (C=O) groups excluding carboxylic acids is 1. The van der Waals surface area contributed by atoms with Crippen LogP contribution < -0.4 is 0 Å². The van der Waals surface area contributed by atoms with E-state index < -0.39 is 73.2 Å². The molecule has 6 nitrogen and oxygen atoms in total. The Kier molecular flexibility index (Phi) is 8.30. The first-order chi connectivity index (χ1) is 21.3. The van der Waals surface area contributed by atoms with Gasteiger partial charge in [-0.2, -0.15) is 26.3 Å². The van der Waals surface area contributed by atoms with Crippen molar-refractivity contribution in [3.8, 4) is 0 Å². The van der Waals surface area contributed by atoms with E-state index in [1.54, 1.807) is 6.92 Å². The number of benzene rings is 2. The third-order valence-electron chi connectivity index (χ3n) is 10.4. The first-order valence-corrected chi connectivity index (χ1v) is 16.3. The maximum absolute atomic E-state index is 15.0. The molecule has 252 valence electrons. The summed E-state index contributed by atoms with van der Waals surface area (Å²) >= 11 is 0. The lowest BCUT2D eigenvalue weighted by atomic mass is 9.68. The number of hydrogen-bond donors (Lipinski definition) is 1. The number of nitrogens with zero attached hydrogens (tertiary/aromatic N) is 1. The molecule has 2 aromatic rings. The van der Waals surface area contributed by atoms with Crippen LogP contribution >= 0.6 is 0 Å². The van der Waals surface area contributed by atoms with Gasteiger partial charge in [0.05, 0.1) is 16.4 Å². The van der Waals surface area contributed by atoms with E-state index in [0.717, 1.165) is 30.3 Å². The van der Waals surface area contributed by atoms with Crippen molar-refractivity contribution in [2.24, 2.45) is 11.3 Å². The lowest BCUT2D eigenvalue weighted by molar-refractivity contribution is -0.348. The van der Waals surface area contributed by atoms with Crippen molar-refractivity contribution in [2.75, 3.05) is 6.54 Å². The molecule has 1 amide bonds. The molecule has 0 unspecified atom stereocenters. The normalized spacial score (nSPS) is 27.2. The first kappa shape index (κ1) is 34.1. The summed E-state index contributed by atoms with van der Waals surface area (Å²) in [6.07, 6.45) is -12.2. The second kappa shape index (κ2) is 11.2. The minimum absolute atomic E-state index is 0.127. The summed E-state index contributed by atoms with van der Waals surface area (Å²) in [7, 11) is -4.60. The zero-order valence-electron chi connectivity index (χ0n) is 24.5. The van der Waals surface area contributed by atoms with Gasteiger partial charge < -0.3 is 10.0 Å². The minimum Gasteiger partial charge on any atom is -0.481 e. The lowest BCUT2D eigenvalue weighted by Crippen LogP contribution is -2.54. The fourth-order valence-electron chi connectivity index (χ4n) is 7.69. The van der Waals surface area contributed by atoms with Crippen LogP contribution in [0.25, 0.3) is 0 Å². The molecule has 0 spiro atoms. The SMILES string of the molecule is CC[C@]1(C(=O)O)CC[C@H](C(=O)N2CC[C@@]3(S(=O)(=O)c4ccc(F)cc4)c4ccc(C(F)(C(F)(F)F)C(F)(F)F)cc4CC[C@@H]23)CC1. The number of likely N-dealkylation sites (tertiary alicyclic amines) is 1. The van der Waals surface area contributed by atoms with Crippen molar-refractivity contribution in [1.29, 1.82) is 0 Å². The number of aryl methyl sites for hydroxylation is 1. The van der Waals surface area contributed by atoms with Gasteiger partial charge in [0.2, 0.25) is 5.91 Å². The zero-order valence-corrected chi connectivity index (χ0v) is 25.3. The Hall–Kier alpha value is -3.23. The third-order valence-corrected chi connectivity index (χ3v) is 12.9. The van der Waals surface area contributed by atoms with Crippen molar-refractivity contribution in [3.63, 3.8) is 0 Å². The monoisotopic (exact) mass is 681 g/mol. The van der Waals surface area contributed by atoms with Gasteiger partial charge in [-0.25, -0.2) is 17.2 Å². The minimum atomic E-state index is -6.37. The number of amides is 1. The van der Waals surface area contributed by atoms with Crippen molar-refractivity contribution in [1.82, 2.24) is 4.90 Å². The van der Waals surface area contributed by atoms with Gasteiger partial charge in [0.25, 0.3) is 0 Å². The van der Waals surface area contributed by atoms with E-state index in [9.17, 15) is 53.8 Å². The number of sulfone groups is 1. The number of halogens is 8. The van der Waals surface area contributed by atoms with Gasteiger partial charge in [0.1, 0.15) is 10.6 Å². The quantitative estimate of drug-likeness (QED) is 0.262. The highest BCUT2D eigenvalue weighted by molar-refractivity contribution is 7.92. The van der Waals surface area contributed by atoms with Gasteiger partial charge >= 0.3 is 24.0 Å². The molecule has 1 heterocycles. The molecule has 2 aliphatic carbocycles. The van der Waals surface area contributed by atoms with E-state index >= 15 is 4.39 Å². The predicted molar refractivity (Wildman–Crippen MR) is 147 cm³/mol. The molecule has 1 saturated heterocycles. The van der Waals surface area contributed by atoms with E-state index in [2.05, 4.69) is 0 Å². The Balaban J connectivity index is 1.60. The Morgan fingerprint density at radius 1 is 0.913 bits per heavy atom. The molecule has 3 aliphatic rings. The van der Waals surface area contributed by atoms with Crippen LogP contribution in [-0.4, -0.2) is 55.2 Å². The molecule has 1 aliphatic heterocycles. The third kappa shape index (κ3) is 4.90. The highest BCUT2D eigenvalue weighted by atomic mass is 32.2. The molecule has 0 aromatic heterocycles. The Morgan fingerprint density at radius 3 is 2.02 bits per heavy atom. The Morgan fingerprint density at radius 2 is 1.50 bits per heavy atom. The van der Waals surface area contributed by atoms with Gasteiger partial charge in [0, 0.05) is 18.0 Å². The standard InChI is InChI=1S/C31H31F8NO5S/c1-2-27(26(42)43)13-11-18(12-14-27)25(41)40-16-15-28(46(44,45)22-7-5-21(32)6-8-22)23-9-4-20(17-19(23)3-10-24(28)40)29(33,30(34,35)36)31(37,38)39/h4-9,17-18,24H,2-3,10-16H2,1H3,(H,42,43)/t18-,24-,27-,28-/m1/s1. The van der Waals surface area contributed by atoms with Crippen LogP contribution in [0.5, 0.6) is 0 Å². The number of rotatable bonds is 6. The van der Waals surface area contributed by atoms with E-state index in [-0.39, 0.29) is 73.6 Å². The molecule has 5 rings (SSSR count). The van der Waals surface area contributed by atoms with Gasteiger partial charge in [-0.1, -0.05) is 25.1 Å². The smallest absolute Gasteiger partial charge is 0.435 e. The number of hydrogen-bond acceptors (Lipinski definition) is 4. The first-order valence-electron chi connectivity index (χ1n) is 14.8. The van der Waals surface area contributed by atoms with Crippen LogP contribution in [0.15, 0.2) is 47.4 Å². The van der Waals surface area contributed by atoms with E-state index in [4.69, 9.17) is 0 Å². The Bertz CT molecular complexity index is 1620. The fraction of sp³-hybridized carbons (Fsp3) is 0.548. The zero-order chi connectivity index (χ0) is 34.1. The second-order valence-electron chi connectivity index (χ2n) is 12.4. The highest BCUT2D eigenvalue weighted by Gasteiger charge is 2.74. The van der Waals surface area contributed by atoms with Crippen molar-refractivity contribution in [3.05, 3.63) is 65.0 Å². The number of carbonyl (C=O) groups is 2. The number of carboxylic acid groups (broad SMARTS) is 1. The average molecular weight is 682 g/mol. The van der Waals surface area contributed by atoms with Gasteiger partial charge in [0.15, 0.2) is 9.84 Å². The molecular formula is C31H31F8NO5S. The largest absolute Gasteiger partial charge is 0.481 e. The molecular weight excluding hydrogens is 650 g/mol. The van der Waals surface area contributed by atoms with E-state index in [1.165, 1.54) is 4.90 Å². The maximum Gasteiger partial charge on any atom is 0.435 e. The molecule has 15 heteroatoms. The molecule has 46 heavy (non-hydrogen) atoms. The second-order valence-corrected chi connectivity index (χ2v) is 14.6. The number of aliphatic carboxylic acids is 1. The summed E-state index contributed by atoms with van der Waals surface area (Å²) in [5.41, 5.74) is -8.85. The van der Waals surface area contributed by atoms with Crippen LogP contribution in [0.1, 0.15) is 68.6 Å². The van der Waals surface area contributed by atoms with Crippen molar-refractivity contribution in [2.45, 2.75) is 92.0 Å². The van der Waals surface area contributed by atoms with E-state index in [0.29, 0.717) is 12.5 Å². The molecule has 2 atom stereocenters. The van der Waals surface area contributed by atoms with Gasteiger partial charge in [-0.05, 0) is 86.8 Å². The van der Waals surface area contributed by atoms with Crippen LogP contribution in [0.2, 0.25) is 0 Å². The summed E-state index contributed by atoms with van der Waals surface area (Å²) in [6.45, 7) is 1.62. The van der Waals surface area contributed by atoms with Crippen LogP contribution in [-0.2, 0) is 36.3 Å². The van der Waals surface area contributed by atoms with Crippen LogP contribution in [0, 0.1) is 17.2 Å². The van der Waals surface area contributed by atoms with Crippen molar-refractivity contribution >= 4 is 21.7 Å². The topological polar surface area (TPSA) is 91.8 Å². The van der Waals surface area contributed by atoms with Gasteiger partial charge in [-0.3, -0.25) is 9.59 Å². The molecule has 0 radical (unpaired) electrons. The van der Waals surface area contributed by atoms with E-state index in [1.807, 2.05) is 0 Å².